The van der Waals surface area contributed by atoms with Crippen LogP contribution in [0.15, 0.2) is 0 Å². The van der Waals surface area contributed by atoms with Gasteiger partial charge in [0.15, 0.2) is 0 Å². The minimum Gasteiger partial charge on any atom is -0.481 e. The Morgan fingerprint density at radius 3 is 2.47 bits per heavy atom. The van der Waals surface area contributed by atoms with Gasteiger partial charge in [-0.15, -0.1) is 0 Å². The van der Waals surface area contributed by atoms with Crippen LogP contribution in [0.2, 0.25) is 0 Å². The fraction of sp³-hybridized carbons (Fsp3) is 0.923. The van der Waals surface area contributed by atoms with Crippen LogP contribution in [0.25, 0.3) is 0 Å². The van der Waals surface area contributed by atoms with Crippen molar-refractivity contribution in [3.8, 4) is 0 Å². The Bertz CT molecular complexity index is 270. The van der Waals surface area contributed by atoms with Crippen molar-refractivity contribution in [2.24, 2.45) is 11.3 Å². The van der Waals surface area contributed by atoms with Crippen molar-refractivity contribution in [3.63, 3.8) is 0 Å². The summed E-state index contributed by atoms with van der Waals surface area (Å²) in [6, 6.07) is 0. The van der Waals surface area contributed by atoms with Crippen LogP contribution < -0.4 is 0 Å². The minimum atomic E-state index is -0.709. The molecule has 98 valence electrons. The van der Waals surface area contributed by atoms with E-state index in [2.05, 4.69) is 4.90 Å². The van der Waals surface area contributed by atoms with Gasteiger partial charge in [-0.25, -0.2) is 0 Å². The zero-order valence-corrected chi connectivity index (χ0v) is 10.7. The summed E-state index contributed by atoms with van der Waals surface area (Å²) < 4.78 is 5.08. The molecule has 1 heterocycles. The Hall–Kier alpha value is -0.610. The van der Waals surface area contributed by atoms with Gasteiger partial charge in [-0.2, -0.15) is 0 Å². The molecule has 4 nitrogen and oxygen atoms in total. The molecule has 0 unspecified atom stereocenters. The quantitative estimate of drug-likeness (QED) is 0.794. The third kappa shape index (κ3) is 2.99. The minimum absolute atomic E-state index is 0.372. The number of ether oxygens (including phenoxy) is 1. The van der Waals surface area contributed by atoms with Crippen molar-refractivity contribution in [1.82, 2.24) is 4.90 Å². The molecule has 1 aliphatic carbocycles. The molecule has 0 spiro atoms. The van der Waals surface area contributed by atoms with Crippen molar-refractivity contribution in [1.29, 1.82) is 0 Å². The Morgan fingerprint density at radius 1 is 1.35 bits per heavy atom. The average Bonchev–Trinajstić information content (AvgIpc) is 2.24. The second kappa shape index (κ2) is 5.36. The lowest BCUT2D eigenvalue weighted by atomic mass is 9.84. The maximum absolute atomic E-state index is 11.2. The molecule has 0 bridgehead atoms. The van der Waals surface area contributed by atoms with E-state index >= 15 is 0 Å². The van der Waals surface area contributed by atoms with E-state index < -0.39 is 11.4 Å². The third-order valence-electron chi connectivity index (χ3n) is 4.08. The van der Waals surface area contributed by atoms with Crippen LogP contribution in [0.5, 0.6) is 0 Å². The number of carboxylic acids is 1. The molecular formula is C13H23NO3. The molecule has 0 aromatic rings. The average molecular weight is 241 g/mol. The van der Waals surface area contributed by atoms with Crippen LogP contribution >= 0.6 is 0 Å². The molecule has 0 amide bonds. The summed E-state index contributed by atoms with van der Waals surface area (Å²) in [4.78, 5) is 13.4. The van der Waals surface area contributed by atoms with Crippen LogP contribution in [0.1, 0.15) is 32.1 Å². The van der Waals surface area contributed by atoms with E-state index in [0.29, 0.717) is 19.8 Å². The number of carbonyl (C=O) groups is 1. The van der Waals surface area contributed by atoms with Gasteiger partial charge in [0.05, 0.1) is 13.2 Å². The number of carboxylic acid groups (broad SMARTS) is 1. The Kier molecular flexibility index (Phi) is 4.05. The lowest BCUT2D eigenvalue weighted by molar-refractivity contribution is -0.183. The van der Waals surface area contributed by atoms with E-state index in [1.165, 1.54) is 32.1 Å². The molecule has 4 heteroatoms. The molecule has 1 saturated carbocycles. The molecule has 0 aromatic carbocycles. The third-order valence-corrected chi connectivity index (χ3v) is 4.08. The van der Waals surface area contributed by atoms with Gasteiger partial charge in [0, 0.05) is 13.1 Å². The first-order valence-corrected chi connectivity index (χ1v) is 6.62. The van der Waals surface area contributed by atoms with Gasteiger partial charge in [0.25, 0.3) is 0 Å². The monoisotopic (exact) mass is 241 g/mol. The molecule has 1 N–H and O–H groups in total. The van der Waals surface area contributed by atoms with Crippen LogP contribution in [-0.2, 0) is 9.53 Å². The van der Waals surface area contributed by atoms with Crippen LogP contribution in [0.3, 0.4) is 0 Å². The number of nitrogens with zero attached hydrogens (tertiary/aromatic N) is 1. The Labute approximate surface area is 103 Å². The van der Waals surface area contributed by atoms with Crippen molar-refractivity contribution in [3.05, 3.63) is 0 Å². The highest BCUT2D eigenvalue weighted by Crippen LogP contribution is 2.30. The molecule has 2 aliphatic rings. The lowest BCUT2D eigenvalue weighted by Gasteiger charge is -2.41. The maximum atomic E-state index is 11.2. The molecular weight excluding hydrogens is 218 g/mol. The molecule has 1 saturated heterocycles. The van der Waals surface area contributed by atoms with E-state index in [9.17, 15) is 9.90 Å². The fourth-order valence-electron chi connectivity index (χ4n) is 3.02. The summed E-state index contributed by atoms with van der Waals surface area (Å²) in [5, 5.41) is 9.23. The van der Waals surface area contributed by atoms with E-state index in [0.717, 1.165) is 12.5 Å². The zero-order valence-electron chi connectivity index (χ0n) is 10.7. The Morgan fingerprint density at radius 2 is 2.00 bits per heavy atom. The van der Waals surface area contributed by atoms with Crippen LogP contribution in [0, 0.1) is 11.3 Å². The fourth-order valence-corrected chi connectivity index (χ4v) is 3.02. The van der Waals surface area contributed by atoms with Crippen molar-refractivity contribution in [2.75, 3.05) is 33.4 Å². The lowest BCUT2D eigenvalue weighted by Crippen LogP contribution is -2.55. The normalized spacial score (nSPS) is 24.6. The Balaban J connectivity index is 1.79. The molecule has 0 radical (unpaired) electrons. The van der Waals surface area contributed by atoms with Crippen molar-refractivity contribution in [2.45, 2.75) is 32.1 Å². The summed E-state index contributed by atoms with van der Waals surface area (Å²) in [6.07, 6.45) is 6.66. The second-order valence-corrected chi connectivity index (χ2v) is 5.78. The second-order valence-electron chi connectivity index (χ2n) is 5.78. The number of rotatable bonds is 5. The SMILES string of the molecule is CN(CC1CCCCC1)CC1(C(=O)O)COC1. The van der Waals surface area contributed by atoms with E-state index in [1.807, 2.05) is 7.05 Å². The predicted molar refractivity (Wildman–Crippen MR) is 65.0 cm³/mol. The number of hydrogen-bond donors (Lipinski definition) is 1. The first-order valence-electron chi connectivity index (χ1n) is 6.62. The van der Waals surface area contributed by atoms with Crippen LogP contribution in [0.4, 0.5) is 0 Å². The molecule has 0 atom stereocenters. The zero-order chi connectivity index (χ0) is 12.3. The molecule has 1 aliphatic heterocycles. The van der Waals surface area contributed by atoms with Gasteiger partial charge < -0.3 is 14.7 Å². The molecule has 17 heavy (non-hydrogen) atoms. The van der Waals surface area contributed by atoms with Crippen molar-refractivity contribution < 1.29 is 14.6 Å². The topological polar surface area (TPSA) is 49.8 Å². The standard InChI is InChI=1S/C13H23NO3/c1-14(7-11-5-3-2-4-6-11)8-13(12(15)16)9-17-10-13/h11H,2-10H2,1H3,(H,15,16). The molecule has 0 aromatic heterocycles. The van der Waals surface area contributed by atoms with Gasteiger partial charge in [0.2, 0.25) is 0 Å². The number of aliphatic carboxylic acids is 1. The summed E-state index contributed by atoms with van der Waals surface area (Å²) in [6.45, 7) is 2.41. The summed E-state index contributed by atoms with van der Waals surface area (Å²) in [5.41, 5.74) is -0.635. The van der Waals surface area contributed by atoms with E-state index in [-0.39, 0.29) is 0 Å². The smallest absolute Gasteiger partial charge is 0.315 e. The largest absolute Gasteiger partial charge is 0.481 e. The highest BCUT2D eigenvalue weighted by Gasteiger charge is 2.47. The van der Waals surface area contributed by atoms with Gasteiger partial charge in [-0.1, -0.05) is 19.3 Å². The van der Waals surface area contributed by atoms with Gasteiger partial charge in [-0.3, -0.25) is 4.79 Å². The molecule has 2 fully saturated rings. The summed E-state index contributed by atoms with van der Waals surface area (Å²) in [5.74, 6) is 0.0554. The van der Waals surface area contributed by atoms with Crippen molar-refractivity contribution >= 4 is 5.97 Å². The van der Waals surface area contributed by atoms with Crippen LogP contribution in [-0.4, -0.2) is 49.3 Å². The first-order chi connectivity index (χ1) is 8.12. The van der Waals surface area contributed by atoms with E-state index in [1.54, 1.807) is 0 Å². The summed E-state index contributed by atoms with van der Waals surface area (Å²) >= 11 is 0. The van der Waals surface area contributed by atoms with Gasteiger partial charge in [-0.05, 0) is 25.8 Å². The first kappa shape index (κ1) is 12.8. The maximum Gasteiger partial charge on any atom is 0.315 e. The van der Waals surface area contributed by atoms with Gasteiger partial charge >= 0.3 is 5.97 Å². The predicted octanol–water partition coefficient (Wildman–Crippen LogP) is 1.60. The van der Waals surface area contributed by atoms with Gasteiger partial charge in [0.1, 0.15) is 5.41 Å². The summed E-state index contributed by atoms with van der Waals surface area (Å²) in [7, 11) is 2.04. The molecule has 2 rings (SSSR count). The van der Waals surface area contributed by atoms with E-state index in [4.69, 9.17) is 4.74 Å². The number of hydrogen-bond acceptors (Lipinski definition) is 3. The highest BCUT2D eigenvalue weighted by molar-refractivity contribution is 5.76. The highest BCUT2D eigenvalue weighted by atomic mass is 16.5.